The third kappa shape index (κ3) is 5.10. The minimum absolute atomic E-state index is 0. The van der Waals surface area contributed by atoms with Gasteiger partial charge < -0.3 is 11.1 Å². The molecule has 0 aliphatic rings. The second-order valence-electron chi connectivity index (χ2n) is 4.08. The van der Waals surface area contributed by atoms with E-state index in [1.807, 2.05) is 20.8 Å². The molecule has 1 aromatic heterocycles. The fourth-order valence-electron chi connectivity index (χ4n) is 1.20. The van der Waals surface area contributed by atoms with E-state index in [1.54, 1.807) is 12.3 Å². The predicted octanol–water partition coefficient (Wildman–Crippen LogP) is 0.806. The van der Waals surface area contributed by atoms with E-state index in [0.29, 0.717) is 12.4 Å². The van der Waals surface area contributed by atoms with E-state index in [4.69, 9.17) is 5.73 Å². The molecule has 0 spiro atoms. The van der Waals surface area contributed by atoms with E-state index >= 15 is 0 Å². The van der Waals surface area contributed by atoms with Gasteiger partial charge in [0.15, 0.2) is 0 Å². The van der Waals surface area contributed by atoms with Crippen LogP contribution < -0.4 is 11.1 Å². The molecule has 0 aliphatic heterocycles. The minimum Gasteiger partial charge on any atom is -0.349 e. The van der Waals surface area contributed by atoms with Gasteiger partial charge in [0.05, 0.1) is 18.3 Å². The maximum atomic E-state index is 11.6. The van der Waals surface area contributed by atoms with Gasteiger partial charge in [-0.25, -0.2) is 9.97 Å². The Morgan fingerprint density at radius 1 is 1.53 bits per heavy atom. The van der Waals surface area contributed by atoms with Crippen LogP contribution in [0.15, 0.2) is 12.3 Å². The van der Waals surface area contributed by atoms with Crippen molar-refractivity contribution in [3.8, 4) is 0 Å². The zero-order valence-electron chi connectivity index (χ0n) is 10.3. The second kappa shape index (κ2) is 7.19. The lowest BCUT2D eigenvalue weighted by molar-refractivity contribution is -0.123. The second-order valence-corrected chi connectivity index (χ2v) is 4.08. The highest BCUT2D eigenvalue weighted by Crippen LogP contribution is 1.99. The van der Waals surface area contributed by atoms with Crippen molar-refractivity contribution in [3.63, 3.8) is 0 Å². The van der Waals surface area contributed by atoms with Crippen molar-refractivity contribution >= 4 is 18.3 Å². The summed E-state index contributed by atoms with van der Waals surface area (Å²) in [7, 11) is 0. The van der Waals surface area contributed by atoms with Gasteiger partial charge in [0.25, 0.3) is 0 Å². The number of aryl methyl sites for hydroxylation is 1. The fraction of sp³-hybridized carbons (Fsp3) is 0.545. The summed E-state index contributed by atoms with van der Waals surface area (Å²) in [5.74, 6) is 0.679. The summed E-state index contributed by atoms with van der Waals surface area (Å²) in [6.07, 6.45) is 1.67. The first kappa shape index (κ1) is 15.8. The Bertz CT molecular complexity index is 370. The van der Waals surface area contributed by atoms with Crippen molar-refractivity contribution in [1.29, 1.82) is 0 Å². The van der Waals surface area contributed by atoms with E-state index in [9.17, 15) is 4.79 Å². The molecule has 0 saturated carbocycles. The summed E-state index contributed by atoms with van der Waals surface area (Å²) in [5, 5.41) is 2.75. The number of carbonyl (C=O) groups excluding carboxylic acids is 1. The lowest BCUT2D eigenvalue weighted by Crippen LogP contribution is -2.43. The van der Waals surface area contributed by atoms with Gasteiger partial charge in [-0.1, -0.05) is 13.8 Å². The summed E-state index contributed by atoms with van der Waals surface area (Å²) < 4.78 is 0. The number of nitrogens with zero attached hydrogens (tertiary/aromatic N) is 2. The predicted molar refractivity (Wildman–Crippen MR) is 68.7 cm³/mol. The highest BCUT2D eigenvalue weighted by Gasteiger charge is 2.16. The van der Waals surface area contributed by atoms with Crippen molar-refractivity contribution < 1.29 is 4.79 Å². The molecule has 1 heterocycles. The van der Waals surface area contributed by atoms with Crippen LogP contribution in [0.1, 0.15) is 25.4 Å². The number of amides is 1. The van der Waals surface area contributed by atoms with Crippen LogP contribution in [0.5, 0.6) is 0 Å². The molecule has 1 amide bonds. The Morgan fingerprint density at radius 2 is 2.18 bits per heavy atom. The molecular formula is C11H19ClN4O. The zero-order chi connectivity index (χ0) is 12.1. The SMILES string of the molecule is Cc1nccc(CNC(=O)C(N)C(C)C)n1.Cl. The first-order chi connectivity index (χ1) is 7.50. The molecule has 0 aliphatic carbocycles. The molecule has 5 nitrogen and oxygen atoms in total. The lowest BCUT2D eigenvalue weighted by atomic mass is 10.1. The van der Waals surface area contributed by atoms with Crippen molar-refractivity contribution in [2.45, 2.75) is 33.4 Å². The molecule has 1 atom stereocenters. The summed E-state index contributed by atoms with van der Waals surface area (Å²) in [4.78, 5) is 19.7. The molecule has 1 aromatic rings. The Morgan fingerprint density at radius 3 is 2.71 bits per heavy atom. The molecule has 1 rings (SSSR count). The van der Waals surface area contributed by atoms with Crippen molar-refractivity contribution in [2.24, 2.45) is 11.7 Å². The maximum Gasteiger partial charge on any atom is 0.237 e. The number of halogens is 1. The third-order valence-electron chi connectivity index (χ3n) is 2.30. The van der Waals surface area contributed by atoms with Gasteiger partial charge in [-0.05, 0) is 18.9 Å². The summed E-state index contributed by atoms with van der Waals surface area (Å²) >= 11 is 0. The van der Waals surface area contributed by atoms with Crippen LogP contribution in [0, 0.1) is 12.8 Å². The number of hydrogen-bond acceptors (Lipinski definition) is 4. The standard InChI is InChI=1S/C11H18N4O.ClH/c1-7(2)10(12)11(16)14-6-9-4-5-13-8(3)15-9;/h4-5,7,10H,6,12H2,1-3H3,(H,14,16);1H. The fourth-order valence-corrected chi connectivity index (χ4v) is 1.20. The molecule has 1 unspecified atom stereocenters. The maximum absolute atomic E-state index is 11.6. The van der Waals surface area contributed by atoms with E-state index in [0.717, 1.165) is 5.69 Å². The average molecular weight is 259 g/mol. The molecule has 17 heavy (non-hydrogen) atoms. The molecule has 3 N–H and O–H groups in total. The van der Waals surface area contributed by atoms with Gasteiger partial charge in [-0.3, -0.25) is 4.79 Å². The van der Waals surface area contributed by atoms with E-state index in [2.05, 4.69) is 15.3 Å². The first-order valence-corrected chi connectivity index (χ1v) is 5.32. The van der Waals surface area contributed by atoms with Crippen LogP contribution in [0.25, 0.3) is 0 Å². The number of carbonyl (C=O) groups is 1. The van der Waals surface area contributed by atoms with Gasteiger partial charge in [0.1, 0.15) is 5.82 Å². The van der Waals surface area contributed by atoms with E-state index in [1.165, 1.54) is 0 Å². The quantitative estimate of drug-likeness (QED) is 0.837. The number of nitrogens with one attached hydrogen (secondary N) is 1. The number of rotatable bonds is 4. The summed E-state index contributed by atoms with van der Waals surface area (Å²) in [5.41, 5.74) is 6.50. The number of aromatic nitrogens is 2. The lowest BCUT2D eigenvalue weighted by Gasteiger charge is -2.15. The molecule has 6 heteroatoms. The topological polar surface area (TPSA) is 80.9 Å². The van der Waals surface area contributed by atoms with Crippen LogP contribution in [0.2, 0.25) is 0 Å². The van der Waals surface area contributed by atoms with Crippen LogP contribution in [-0.2, 0) is 11.3 Å². The Labute approximate surface area is 108 Å². The van der Waals surface area contributed by atoms with Gasteiger partial charge in [0, 0.05) is 6.20 Å². The molecule has 0 saturated heterocycles. The molecule has 0 bridgehead atoms. The van der Waals surface area contributed by atoms with Gasteiger partial charge >= 0.3 is 0 Å². The minimum atomic E-state index is -0.470. The van der Waals surface area contributed by atoms with Crippen LogP contribution >= 0.6 is 12.4 Å². The molecular weight excluding hydrogens is 240 g/mol. The Balaban J connectivity index is 0.00000256. The molecule has 96 valence electrons. The number of nitrogens with two attached hydrogens (primary N) is 1. The van der Waals surface area contributed by atoms with Gasteiger partial charge in [-0.2, -0.15) is 0 Å². The zero-order valence-corrected chi connectivity index (χ0v) is 11.1. The Hall–Kier alpha value is -1.20. The molecule has 0 aromatic carbocycles. The van der Waals surface area contributed by atoms with E-state index < -0.39 is 6.04 Å². The number of hydrogen-bond donors (Lipinski definition) is 2. The highest BCUT2D eigenvalue weighted by atomic mass is 35.5. The monoisotopic (exact) mass is 258 g/mol. The third-order valence-corrected chi connectivity index (χ3v) is 2.30. The van der Waals surface area contributed by atoms with Crippen LogP contribution in [0.3, 0.4) is 0 Å². The van der Waals surface area contributed by atoms with Crippen LogP contribution in [-0.4, -0.2) is 21.9 Å². The Kier molecular flexibility index (Phi) is 6.68. The van der Waals surface area contributed by atoms with Crippen molar-refractivity contribution in [1.82, 2.24) is 15.3 Å². The summed E-state index contributed by atoms with van der Waals surface area (Å²) in [6.45, 7) is 6.03. The van der Waals surface area contributed by atoms with E-state index in [-0.39, 0.29) is 24.2 Å². The first-order valence-electron chi connectivity index (χ1n) is 5.32. The normalized spacial score (nSPS) is 11.8. The van der Waals surface area contributed by atoms with Crippen LogP contribution in [0.4, 0.5) is 0 Å². The average Bonchev–Trinajstić information content (AvgIpc) is 2.24. The van der Waals surface area contributed by atoms with Gasteiger partial charge in [0.2, 0.25) is 5.91 Å². The van der Waals surface area contributed by atoms with Gasteiger partial charge in [-0.15, -0.1) is 12.4 Å². The summed E-state index contributed by atoms with van der Waals surface area (Å²) in [6, 6.07) is 1.30. The molecule has 0 fully saturated rings. The smallest absolute Gasteiger partial charge is 0.237 e. The largest absolute Gasteiger partial charge is 0.349 e. The highest BCUT2D eigenvalue weighted by molar-refractivity contribution is 5.85. The van der Waals surface area contributed by atoms with Crippen molar-refractivity contribution in [2.75, 3.05) is 0 Å². The molecule has 0 radical (unpaired) electrons. The van der Waals surface area contributed by atoms with Crippen molar-refractivity contribution in [3.05, 3.63) is 23.8 Å².